The summed E-state index contributed by atoms with van der Waals surface area (Å²) in [5.74, 6) is 1.24. The van der Waals surface area contributed by atoms with Gasteiger partial charge in [0.1, 0.15) is 0 Å². The van der Waals surface area contributed by atoms with Crippen molar-refractivity contribution in [3.8, 4) is 0 Å². The maximum Gasteiger partial charge on any atom is 0.0366 e. The van der Waals surface area contributed by atoms with E-state index in [1.165, 1.54) is 18.4 Å². The van der Waals surface area contributed by atoms with Crippen molar-refractivity contribution in [3.63, 3.8) is 0 Å². The molecule has 0 fully saturated rings. The molecular weight excluding hydrogens is 240 g/mol. The highest BCUT2D eigenvalue weighted by atomic mass is 35.5. The van der Waals surface area contributed by atoms with Gasteiger partial charge in [-0.05, 0) is 43.6 Å². The van der Waals surface area contributed by atoms with Crippen LogP contribution in [0.25, 0.3) is 0 Å². The molecule has 18 heavy (non-hydrogen) atoms. The predicted molar refractivity (Wildman–Crippen MR) is 82.9 cm³/mol. The highest BCUT2D eigenvalue weighted by Crippen LogP contribution is 2.29. The number of rotatable bonds is 4. The molecule has 0 aliphatic heterocycles. The van der Waals surface area contributed by atoms with Crippen LogP contribution in [-0.2, 0) is 0 Å². The molecule has 0 bridgehead atoms. The Labute approximate surface area is 118 Å². The summed E-state index contributed by atoms with van der Waals surface area (Å²) in [5, 5.41) is 0.922. The topological polar surface area (TPSA) is 0 Å². The Morgan fingerprint density at radius 1 is 1.39 bits per heavy atom. The first-order valence-corrected chi connectivity index (χ1v) is 7.70. The van der Waals surface area contributed by atoms with Crippen LogP contribution >= 0.6 is 11.6 Å². The van der Waals surface area contributed by atoms with Crippen LogP contribution in [0.15, 0.2) is 34.4 Å². The minimum atomic E-state index is 0.600. The largest absolute Gasteiger partial charge is 0.0847 e. The maximum absolute atomic E-state index is 6.32. The van der Waals surface area contributed by atoms with Crippen molar-refractivity contribution in [1.82, 2.24) is 0 Å². The zero-order chi connectivity index (χ0) is 13.5. The van der Waals surface area contributed by atoms with Gasteiger partial charge in [0, 0.05) is 5.03 Å². The molecule has 0 aromatic heterocycles. The summed E-state index contributed by atoms with van der Waals surface area (Å²) < 4.78 is 0. The van der Waals surface area contributed by atoms with Crippen molar-refractivity contribution in [1.29, 1.82) is 0 Å². The minimum absolute atomic E-state index is 0.600. The van der Waals surface area contributed by atoms with Gasteiger partial charge in [-0.2, -0.15) is 0 Å². The predicted octanol–water partition coefficient (Wildman–Crippen LogP) is 6.24. The van der Waals surface area contributed by atoms with Crippen molar-refractivity contribution < 1.29 is 0 Å². The van der Waals surface area contributed by atoms with E-state index in [0.29, 0.717) is 11.8 Å². The Balaban J connectivity index is 2.97. The fraction of sp³-hybridized carbons (Fsp3) is 0.647. The Morgan fingerprint density at radius 2 is 2.11 bits per heavy atom. The van der Waals surface area contributed by atoms with E-state index in [2.05, 4.69) is 45.9 Å². The Hall–Kier alpha value is -0.490. The molecule has 0 radical (unpaired) electrons. The van der Waals surface area contributed by atoms with E-state index in [0.717, 1.165) is 24.3 Å². The van der Waals surface area contributed by atoms with Gasteiger partial charge in [-0.15, -0.1) is 0 Å². The molecule has 2 atom stereocenters. The lowest BCUT2D eigenvalue weighted by Crippen LogP contribution is -2.01. The summed E-state index contributed by atoms with van der Waals surface area (Å²) in [6.45, 7) is 9.11. The third-order valence-electron chi connectivity index (χ3n) is 3.77. The van der Waals surface area contributed by atoms with E-state index in [1.807, 2.05) is 0 Å². The van der Waals surface area contributed by atoms with E-state index in [9.17, 15) is 0 Å². The highest BCUT2D eigenvalue weighted by Gasteiger charge is 2.12. The van der Waals surface area contributed by atoms with Crippen LogP contribution in [0.3, 0.4) is 0 Å². The third-order valence-corrected chi connectivity index (χ3v) is 4.03. The lowest BCUT2D eigenvalue weighted by Gasteiger charge is -2.17. The zero-order valence-electron chi connectivity index (χ0n) is 12.3. The van der Waals surface area contributed by atoms with Crippen LogP contribution < -0.4 is 0 Å². The van der Waals surface area contributed by atoms with Crippen LogP contribution in [0.5, 0.6) is 0 Å². The summed E-state index contributed by atoms with van der Waals surface area (Å²) in [4.78, 5) is 0. The Morgan fingerprint density at radius 3 is 2.72 bits per heavy atom. The van der Waals surface area contributed by atoms with E-state index < -0.39 is 0 Å². The summed E-state index contributed by atoms with van der Waals surface area (Å²) in [6.07, 6.45) is 12.6. The summed E-state index contributed by atoms with van der Waals surface area (Å²) in [7, 11) is 0. The molecule has 0 amide bonds. The zero-order valence-corrected chi connectivity index (χ0v) is 13.1. The molecule has 1 heteroatoms. The molecule has 0 saturated carbocycles. The lowest BCUT2D eigenvalue weighted by atomic mass is 9.89. The summed E-state index contributed by atoms with van der Waals surface area (Å²) >= 11 is 6.32. The quantitative estimate of drug-likeness (QED) is 0.529. The molecule has 0 aromatic rings. The second kappa shape index (κ2) is 7.84. The van der Waals surface area contributed by atoms with E-state index in [-0.39, 0.29) is 0 Å². The first-order chi connectivity index (χ1) is 8.56. The van der Waals surface area contributed by atoms with Crippen molar-refractivity contribution >= 4 is 11.6 Å². The fourth-order valence-electron chi connectivity index (χ4n) is 2.55. The molecule has 1 aliphatic rings. The van der Waals surface area contributed by atoms with Crippen LogP contribution in [0.1, 0.15) is 59.8 Å². The van der Waals surface area contributed by atoms with Crippen molar-refractivity contribution in [2.75, 3.05) is 0 Å². The van der Waals surface area contributed by atoms with Gasteiger partial charge in [-0.3, -0.25) is 0 Å². The molecule has 0 nitrogen and oxygen atoms in total. The molecule has 1 rings (SSSR count). The molecule has 0 saturated heterocycles. The van der Waals surface area contributed by atoms with E-state index in [4.69, 9.17) is 11.6 Å². The van der Waals surface area contributed by atoms with Crippen LogP contribution in [0.2, 0.25) is 0 Å². The lowest BCUT2D eigenvalue weighted by molar-refractivity contribution is 0.586. The van der Waals surface area contributed by atoms with Gasteiger partial charge in [0.15, 0.2) is 0 Å². The van der Waals surface area contributed by atoms with Gasteiger partial charge in [0.25, 0.3) is 0 Å². The van der Waals surface area contributed by atoms with Gasteiger partial charge in [0.05, 0.1) is 0 Å². The molecule has 0 aromatic carbocycles. The third kappa shape index (κ3) is 5.02. The Bertz CT molecular complexity index is 347. The molecule has 1 aliphatic carbocycles. The van der Waals surface area contributed by atoms with Crippen LogP contribution in [0.4, 0.5) is 0 Å². The summed E-state index contributed by atoms with van der Waals surface area (Å²) in [5.41, 5.74) is 3.07. The Kier molecular flexibility index (Phi) is 6.78. The van der Waals surface area contributed by atoms with Crippen molar-refractivity contribution in [2.45, 2.75) is 59.8 Å². The van der Waals surface area contributed by atoms with Gasteiger partial charge in [-0.25, -0.2) is 0 Å². The van der Waals surface area contributed by atoms with Gasteiger partial charge in [0.2, 0.25) is 0 Å². The standard InChI is InChI=1S/C17H27Cl/c1-5-7-14(4)16-11-15(6-2)10-13(3)8-9-17(18)12-16/h9-10,12-14H,5-8,11H2,1-4H3/b15-10-,16-12+,17-9-. The number of hydrogen-bond acceptors (Lipinski definition) is 0. The summed E-state index contributed by atoms with van der Waals surface area (Å²) in [6, 6.07) is 0. The minimum Gasteiger partial charge on any atom is -0.0847 e. The molecule has 0 N–H and O–H groups in total. The maximum atomic E-state index is 6.32. The van der Waals surface area contributed by atoms with Gasteiger partial charge >= 0.3 is 0 Å². The second-order valence-corrected chi connectivity index (χ2v) is 6.00. The highest BCUT2D eigenvalue weighted by molar-refractivity contribution is 6.31. The molecular formula is C17H27Cl. The fourth-order valence-corrected chi connectivity index (χ4v) is 2.78. The SMILES string of the molecule is CCCC(C)/C1=C/C(Cl)=C/CC(C)/C=C(/CC)C1. The number of hydrogen-bond donors (Lipinski definition) is 0. The van der Waals surface area contributed by atoms with Crippen LogP contribution in [0, 0.1) is 11.8 Å². The average Bonchev–Trinajstić information content (AvgIpc) is 2.40. The number of halogens is 1. The van der Waals surface area contributed by atoms with Crippen molar-refractivity contribution in [3.05, 3.63) is 34.4 Å². The van der Waals surface area contributed by atoms with Crippen molar-refractivity contribution in [2.24, 2.45) is 11.8 Å². The first-order valence-electron chi connectivity index (χ1n) is 7.32. The first kappa shape index (κ1) is 15.6. The second-order valence-electron chi connectivity index (χ2n) is 5.57. The molecule has 0 heterocycles. The average molecular weight is 267 g/mol. The van der Waals surface area contributed by atoms with E-state index in [1.54, 1.807) is 5.57 Å². The molecule has 2 unspecified atom stereocenters. The smallest absolute Gasteiger partial charge is 0.0366 e. The molecule has 102 valence electrons. The van der Waals surface area contributed by atoms with Gasteiger partial charge in [-0.1, -0.05) is 69.0 Å². The van der Waals surface area contributed by atoms with E-state index >= 15 is 0 Å². The van der Waals surface area contributed by atoms with Gasteiger partial charge < -0.3 is 0 Å². The monoisotopic (exact) mass is 266 g/mol. The molecule has 0 spiro atoms. The number of allylic oxidation sites excluding steroid dienone is 6. The normalized spacial score (nSPS) is 31.8. The van der Waals surface area contributed by atoms with Crippen LogP contribution in [-0.4, -0.2) is 0 Å².